The molecule has 0 bridgehead atoms. The van der Waals surface area contributed by atoms with Gasteiger partial charge in [-0.3, -0.25) is 9.32 Å². The minimum Gasteiger partial charge on any atom is -0.444 e. The van der Waals surface area contributed by atoms with Gasteiger partial charge in [-0.25, -0.2) is 32.0 Å². The number of alkyl carbamates (subject to hydrolysis) is 1. The number of thioether (sulfide) groups is 1. The minimum absolute atomic E-state index is 0.0355. The zero-order chi connectivity index (χ0) is 26.5. The van der Waals surface area contributed by atoms with Gasteiger partial charge in [-0.15, -0.1) is 0 Å². The molecule has 0 aliphatic rings. The number of rotatable bonds is 9. The van der Waals surface area contributed by atoms with Crippen molar-refractivity contribution in [1.29, 1.82) is 0 Å². The van der Waals surface area contributed by atoms with Crippen LogP contribution in [-0.2, 0) is 9.53 Å². The molecule has 0 radical (unpaired) electrons. The Morgan fingerprint density at radius 2 is 1.94 bits per heavy atom. The van der Waals surface area contributed by atoms with E-state index in [0.717, 1.165) is 34.5 Å². The highest BCUT2D eigenvalue weighted by molar-refractivity contribution is 7.99. The van der Waals surface area contributed by atoms with Gasteiger partial charge in [0.15, 0.2) is 10.7 Å². The first kappa shape index (κ1) is 26.8. The topological polar surface area (TPSA) is 154 Å². The van der Waals surface area contributed by atoms with Gasteiger partial charge in [0, 0.05) is 12.3 Å². The molecule has 0 saturated carbocycles. The molecule has 2 N–H and O–H groups in total. The van der Waals surface area contributed by atoms with E-state index in [0.29, 0.717) is 0 Å². The van der Waals surface area contributed by atoms with E-state index in [1.165, 1.54) is 0 Å². The zero-order valence-corrected chi connectivity index (χ0v) is 20.0. The van der Waals surface area contributed by atoms with Crippen LogP contribution in [0.25, 0.3) is 17.2 Å². The summed E-state index contributed by atoms with van der Waals surface area (Å²) < 4.78 is 55.1. The number of carbonyl (C=O) groups is 2. The Hall–Kier alpha value is -3.82. The lowest BCUT2D eigenvalue weighted by Gasteiger charge is -2.19. The number of nitrogens with zero attached hydrogens (tertiary/aromatic N) is 4. The van der Waals surface area contributed by atoms with Crippen molar-refractivity contribution in [3.05, 3.63) is 40.1 Å². The van der Waals surface area contributed by atoms with Crippen LogP contribution in [-0.4, -0.2) is 56.5 Å². The van der Waals surface area contributed by atoms with Gasteiger partial charge in [-0.05, 0) is 49.3 Å². The Morgan fingerprint density at radius 1 is 1.19 bits per heavy atom. The Bertz CT molecular complexity index is 1290. The molecule has 36 heavy (non-hydrogen) atoms. The van der Waals surface area contributed by atoms with E-state index in [1.54, 1.807) is 20.8 Å². The second-order valence-corrected chi connectivity index (χ2v) is 9.17. The van der Waals surface area contributed by atoms with E-state index >= 15 is 0 Å². The fraction of sp³-hybridized carbons (Fsp3) is 0.400. The molecule has 2 amide bonds. The van der Waals surface area contributed by atoms with Gasteiger partial charge in [0.25, 0.3) is 6.43 Å². The zero-order valence-electron chi connectivity index (χ0n) is 19.2. The molecule has 3 aromatic rings. The summed E-state index contributed by atoms with van der Waals surface area (Å²) in [6.45, 7) is 4.94. The van der Waals surface area contributed by atoms with Gasteiger partial charge < -0.3 is 15.4 Å². The number of hydrogen-bond acceptors (Lipinski definition) is 10. The summed E-state index contributed by atoms with van der Waals surface area (Å²) in [5.74, 6) is -2.56. The van der Waals surface area contributed by atoms with Crippen LogP contribution in [0.1, 0.15) is 32.8 Å². The molecule has 194 valence electrons. The summed E-state index contributed by atoms with van der Waals surface area (Å²) in [6, 6.07) is 2.69. The van der Waals surface area contributed by atoms with Gasteiger partial charge in [0.05, 0.1) is 17.8 Å². The second kappa shape index (κ2) is 11.3. The maximum absolute atomic E-state index is 13.7. The lowest BCUT2D eigenvalue weighted by Crippen LogP contribution is -2.40. The molecule has 0 aliphatic carbocycles. The maximum atomic E-state index is 13.7. The van der Waals surface area contributed by atoms with Gasteiger partial charge in [0.2, 0.25) is 11.7 Å². The summed E-state index contributed by atoms with van der Waals surface area (Å²) in [6.07, 6.45) is -3.84. The van der Waals surface area contributed by atoms with Gasteiger partial charge in [-0.2, -0.15) is 0 Å². The van der Waals surface area contributed by atoms with E-state index in [2.05, 4.69) is 30.6 Å². The third-order valence-corrected chi connectivity index (χ3v) is 5.15. The lowest BCUT2D eigenvalue weighted by atomic mass is 10.2. The van der Waals surface area contributed by atoms with E-state index < -0.39 is 41.2 Å². The van der Waals surface area contributed by atoms with E-state index in [1.807, 2.05) is 0 Å². The van der Waals surface area contributed by atoms with Crippen LogP contribution < -0.4 is 16.4 Å². The molecule has 0 unspecified atom stereocenters. The highest BCUT2D eigenvalue weighted by Gasteiger charge is 2.24. The predicted octanol–water partition coefficient (Wildman–Crippen LogP) is 2.69. The molecule has 2 heterocycles. The monoisotopic (exact) mass is 530 g/mol. The Morgan fingerprint density at radius 3 is 2.64 bits per heavy atom. The van der Waals surface area contributed by atoms with Crippen LogP contribution in [0.5, 0.6) is 0 Å². The van der Waals surface area contributed by atoms with Crippen LogP contribution >= 0.6 is 11.8 Å². The van der Waals surface area contributed by atoms with Gasteiger partial charge in [-0.1, -0.05) is 16.9 Å². The van der Waals surface area contributed by atoms with Crippen molar-refractivity contribution >= 4 is 23.8 Å². The summed E-state index contributed by atoms with van der Waals surface area (Å²) >= 11 is 1.08. The first-order chi connectivity index (χ1) is 17.0. The molecule has 16 heteroatoms. The molecule has 0 atom stereocenters. The van der Waals surface area contributed by atoms with Crippen LogP contribution in [0.3, 0.4) is 0 Å². The predicted molar refractivity (Wildman–Crippen MR) is 118 cm³/mol. The molecule has 12 nitrogen and oxygen atoms in total. The Labute approximate surface area is 205 Å². The molecule has 0 aliphatic heterocycles. The minimum atomic E-state index is -3.11. The quantitative estimate of drug-likeness (QED) is 0.312. The second-order valence-electron chi connectivity index (χ2n) is 8.09. The fourth-order valence-electron chi connectivity index (χ4n) is 2.74. The number of ether oxygens (including phenoxy) is 1. The number of amides is 2. The van der Waals surface area contributed by atoms with Crippen LogP contribution in [0.15, 0.2) is 37.2 Å². The van der Waals surface area contributed by atoms with E-state index in [4.69, 9.17) is 9.37 Å². The fourth-order valence-corrected chi connectivity index (χ4v) is 3.49. The average Bonchev–Trinajstić information content (AvgIpc) is 3.40. The van der Waals surface area contributed by atoms with Crippen LogP contribution in [0.4, 0.5) is 18.0 Å². The normalized spacial score (nSPS) is 11.5. The summed E-state index contributed by atoms with van der Waals surface area (Å²) in [5.41, 5.74) is -1.77. The number of hydrogen-bond donors (Lipinski definition) is 2. The van der Waals surface area contributed by atoms with Crippen molar-refractivity contribution in [1.82, 2.24) is 30.7 Å². The van der Waals surface area contributed by atoms with Gasteiger partial charge in [0.1, 0.15) is 11.4 Å². The molecule has 0 fully saturated rings. The van der Waals surface area contributed by atoms with Crippen molar-refractivity contribution in [2.24, 2.45) is 0 Å². The van der Waals surface area contributed by atoms with E-state index in [9.17, 15) is 27.6 Å². The number of alkyl halides is 2. The van der Waals surface area contributed by atoms with Crippen molar-refractivity contribution < 1.29 is 36.6 Å². The SMILES string of the molecule is CC(C)(C)OC(=O)NCC(=O)NCCSc1nonc1-c1noc(=O)n1-c1ccc(F)c(C(F)F)c1. The third-order valence-electron chi connectivity index (χ3n) is 4.20. The van der Waals surface area contributed by atoms with Crippen molar-refractivity contribution in [2.45, 2.75) is 37.8 Å². The molecular weight excluding hydrogens is 509 g/mol. The number of aromatic nitrogens is 4. The largest absolute Gasteiger partial charge is 0.446 e. The standard InChI is InChI=1S/C20H21F3N6O6S/c1-20(2,3)33-18(31)25-9-13(30)24-6-7-36-17-14(26-35-28-17)16-27-34-19(32)29(16)10-4-5-12(21)11(8-10)15(22)23/h4-5,8,15H,6-7,9H2,1-3H3,(H,24,30)(H,25,31). The Kier molecular flexibility index (Phi) is 8.39. The number of benzene rings is 1. The molecule has 2 aromatic heterocycles. The molecule has 3 rings (SSSR count). The third kappa shape index (κ3) is 6.87. The summed E-state index contributed by atoms with van der Waals surface area (Å²) in [5, 5.41) is 16.1. The number of halogens is 3. The summed E-state index contributed by atoms with van der Waals surface area (Å²) in [4.78, 5) is 35.7. The van der Waals surface area contributed by atoms with Gasteiger partial charge >= 0.3 is 11.8 Å². The molecule has 1 aromatic carbocycles. The maximum Gasteiger partial charge on any atom is 0.446 e. The van der Waals surface area contributed by atoms with Crippen LogP contribution in [0, 0.1) is 5.82 Å². The average molecular weight is 530 g/mol. The van der Waals surface area contributed by atoms with Crippen LogP contribution in [0.2, 0.25) is 0 Å². The van der Waals surface area contributed by atoms with Crippen molar-refractivity contribution in [3.8, 4) is 17.2 Å². The van der Waals surface area contributed by atoms with Crippen molar-refractivity contribution in [2.75, 3.05) is 18.8 Å². The highest BCUT2D eigenvalue weighted by atomic mass is 32.2. The first-order valence-corrected chi connectivity index (χ1v) is 11.3. The Balaban J connectivity index is 1.63. The molecule has 0 spiro atoms. The smallest absolute Gasteiger partial charge is 0.444 e. The number of carbonyl (C=O) groups excluding carboxylic acids is 2. The van der Waals surface area contributed by atoms with Crippen molar-refractivity contribution in [3.63, 3.8) is 0 Å². The van der Waals surface area contributed by atoms with E-state index in [-0.39, 0.29) is 41.1 Å². The number of nitrogens with one attached hydrogen (secondary N) is 2. The highest BCUT2D eigenvalue weighted by Crippen LogP contribution is 2.29. The molecular formula is C20H21F3N6O6S. The molecule has 0 saturated heterocycles. The lowest BCUT2D eigenvalue weighted by molar-refractivity contribution is -0.120. The first-order valence-electron chi connectivity index (χ1n) is 10.3. The summed E-state index contributed by atoms with van der Waals surface area (Å²) in [7, 11) is 0.